The van der Waals surface area contributed by atoms with Crippen LogP contribution in [0.2, 0.25) is 0 Å². The van der Waals surface area contributed by atoms with Crippen LogP contribution in [-0.4, -0.2) is 20.8 Å². The molecule has 4 aromatic carbocycles. The molecule has 168 valence electrons. The lowest BCUT2D eigenvalue weighted by molar-refractivity contribution is 0.104. The highest BCUT2D eigenvalue weighted by Crippen LogP contribution is 2.45. The molecule has 0 spiro atoms. The summed E-state index contributed by atoms with van der Waals surface area (Å²) >= 11 is 1.44. The average molecular weight is 473 g/mol. The van der Waals surface area contributed by atoms with E-state index in [-0.39, 0.29) is 5.78 Å². The fraction of sp³-hybridized carbons (Fsp3) is 0. The number of nitrogens with one attached hydrogen (secondary N) is 1. The molecule has 1 N–H and O–H groups in total. The molecule has 0 radical (unpaired) electrons. The van der Waals surface area contributed by atoms with Crippen molar-refractivity contribution < 1.29 is 4.79 Å². The molecule has 6 heteroatoms. The van der Waals surface area contributed by atoms with E-state index in [0.29, 0.717) is 10.4 Å². The van der Waals surface area contributed by atoms with Crippen LogP contribution in [-0.2, 0) is 0 Å². The van der Waals surface area contributed by atoms with E-state index >= 15 is 0 Å². The molecule has 0 aliphatic heterocycles. The van der Waals surface area contributed by atoms with Crippen molar-refractivity contribution in [3.63, 3.8) is 0 Å². The maximum atomic E-state index is 13.8. The molecule has 2 aromatic heterocycles. The predicted octanol–water partition coefficient (Wildman–Crippen LogP) is 7.12. The molecule has 5 nitrogen and oxygen atoms in total. The Morgan fingerprint density at radius 3 is 2.11 bits per heavy atom. The lowest BCUT2D eigenvalue weighted by atomic mass is 10.00. The Balaban J connectivity index is 1.66. The highest BCUT2D eigenvalue weighted by atomic mass is 32.1. The number of benzene rings is 4. The molecule has 35 heavy (non-hydrogen) atoms. The van der Waals surface area contributed by atoms with Gasteiger partial charge in [-0.1, -0.05) is 96.2 Å². The van der Waals surface area contributed by atoms with E-state index in [0.717, 1.165) is 38.5 Å². The van der Waals surface area contributed by atoms with Gasteiger partial charge in [0, 0.05) is 16.8 Å². The number of ketones is 1. The Morgan fingerprint density at radius 1 is 0.743 bits per heavy atom. The number of rotatable bonds is 6. The SMILES string of the molecule is O=C(c1ccccc1)c1sc(Nc2ccccc2)c(-n2nnc3ccccc32)c1-c1ccccc1. The Morgan fingerprint density at radius 2 is 1.37 bits per heavy atom. The zero-order valence-corrected chi connectivity index (χ0v) is 19.4. The maximum absolute atomic E-state index is 13.8. The van der Waals surface area contributed by atoms with Crippen LogP contribution in [0.1, 0.15) is 15.2 Å². The van der Waals surface area contributed by atoms with E-state index in [9.17, 15) is 4.79 Å². The molecule has 2 heterocycles. The Labute approximate surface area is 206 Å². The fourth-order valence-corrected chi connectivity index (χ4v) is 5.33. The summed E-state index contributed by atoms with van der Waals surface area (Å²) in [6.07, 6.45) is 0. The molecule has 0 bridgehead atoms. The second kappa shape index (κ2) is 9.00. The molecule has 0 amide bonds. The van der Waals surface area contributed by atoms with Gasteiger partial charge in [0.05, 0.1) is 10.4 Å². The Hall–Kier alpha value is -4.55. The molecule has 0 unspecified atom stereocenters. The summed E-state index contributed by atoms with van der Waals surface area (Å²) in [5.74, 6) is -0.0266. The van der Waals surface area contributed by atoms with E-state index < -0.39 is 0 Å². The Kier molecular flexibility index (Phi) is 5.41. The highest BCUT2D eigenvalue weighted by molar-refractivity contribution is 7.19. The number of fused-ring (bicyclic) bond motifs is 1. The Bertz CT molecular complexity index is 1620. The topological polar surface area (TPSA) is 59.8 Å². The first-order valence-electron chi connectivity index (χ1n) is 11.2. The van der Waals surface area contributed by atoms with Crippen LogP contribution in [0.3, 0.4) is 0 Å². The van der Waals surface area contributed by atoms with Gasteiger partial charge in [0.15, 0.2) is 0 Å². The van der Waals surface area contributed by atoms with Crippen LogP contribution in [0.5, 0.6) is 0 Å². The van der Waals surface area contributed by atoms with Gasteiger partial charge in [-0.05, 0) is 29.8 Å². The number of anilines is 2. The van der Waals surface area contributed by atoms with E-state index in [4.69, 9.17) is 0 Å². The van der Waals surface area contributed by atoms with E-state index in [1.165, 1.54) is 11.3 Å². The summed E-state index contributed by atoms with van der Waals surface area (Å²) in [6.45, 7) is 0. The van der Waals surface area contributed by atoms with Crippen molar-refractivity contribution in [2.24, 2.45) is 0 Å². The van der Waals surface area contributed by atoms with Crippen LogP contribution in [0.4, 0.5) is 10.7 Å². The number of hydrogen-bond acceptors (Lipinski definition) is 5. The van der Waals surface area contributed by atoms with Crippen molar-refractivity contribution in [1.29, 1.82) is 0 Å². The molecule has 6 rings (SSSR count). The van der Waals surface area contributed by atoms with Gasteiger partial charge in [0.1, 0.15) is 16.2 Å². The summed E-state index contributed by atoms with van der Waals surface area (Å²) < 4.78 is 1.83. The third kappa shape index (κ3) is 3.90. The number of carbonyl (C=O) groups excluding carboxylic acids is 1. The van der Waals surface area contributed by atoms with Gasteiger partial charge in [0.25, 0.3) is 0 Å². The molecule has 6 aromatic rings. The van der Waals surface area contributed by atoms with Crippen LogP contribution >= 0.6 is 11.3 Å². The smallest absolute Gasteiger partial charge is 0.203 e. The summed E-state index contributed by atoms with van der Waals surface area (Å²) in [7, 11) is 0. The summed E-state index contributed by atoms with van der Waals surface area (Å²) in [5, 5.41) is 13.3. The van der Waals surface area contributed by atoms with Crippen LogP contribution in [0.15, 0.2) is 115 Å². The van der Waals surface area contributed by atoms with E-state index in [2.05, 4.69) is 15.6 Å². The second-order valence-electron chi connectivity index (χ2n) is 8.03. The van der Waals surface area contributed by atoms with Crippen LogP contribution in [0, 0.1) is 0 Å². The van der Waals surface area contributed by atoms with Gasteiger partial charge in [-0.3, -0.25) is 4.79 Å². The maximum Gasteiger partial charge on any atom is 0.203 e. The number of aromatic nitrogens is 3. The second-order valence-corrected chi connectivity index (χ2v) is 9.05. The van der Waals surface area contributed by atoms with Gasteiger partial charge >= 0.3 is 0 Å². The molecule has 0 saturated heterocycles. The minimum atomic E-state index is -0.0266. The number of para-hydroxylation sites is 2. The molecule has 0 saturated carbocycles. The van der Waals surface area contributed by atoms with Gasteiger partial charge < -0.3 is 5.32 Å². The molecular formula is C29H20N4OS. The van der Waals surface area contributed by atoms with Crippen LogP contribution in [0.25, 0.3) is 27.8 Å². The molecule has 0 aliphatic carbocycles. The highest BCUT2D eigenvalue weighted by Gasteiger charge is 2.27. The standard InChI is InChI=1S/C29H20N4OS/c34-27(21-14-6-2-7-15-21)28-25(20-12-4-1-5-13-20)26(29(35-28)30-22-16-8-3-9-17-22)33-24-19-11-10-18-23(24)31-32-33/h1-19,30H. The fourth-order valence-electron chi connectivity index (χ4n) is 4.15. The molecular weight excluding hydrogens is 452 g/mol. The lowest BCUT2D eigenvalue weighted by Gasteiger charge is -2.11. The van der Waals surface area contributed by atoms with Crippen molar-refractivity contribution in [1.82, 2.24) is 15.0 Å². The zero-order chi connectivity index (χ0) is 23.6. The van der Waals surface area contributed by atoms with Gasteiger partial charge in [-0.2, -0.15) is 0 Å². The monoisotopic (exact) mass is 472 g/mol. The number of carbonyl (C=O) groups is 1. The quantitative estimate of drug-likeness (QED) is 0.262. The third-order valence-corrected chi connectivity index (χ3v) is 6.88. The van der Waals surface area contributed by atoms with Crippen LogP contribution < -0.4 is 5.32 Å². The minimum Gasteiger partial charge on any atom is -0.345 e. The zero-order valence-electron chi connectivity index (χ0n) is 18.6. The van der Waals surface area contributed by atoms with Crippen molar-refractivity contribution in [3.8, 4) is 16.8 Å². The van der Waals surface area contributed by atoms with Gasteiger partial charge in [-0.25, -0.2) is 4.68 Å². The lowest BCUT2D eigenvalue weighted by Crippen LogP contribution is -2.04. The first kappa shape index (κ1) is 21.0. The average Bonchev–Trinajstić information content (AvgIpc) is 3.51. The molecule has 0 atom stereocenters. The summed E-state index contributed by atoms with van der Waals surface area (Å²) in [4.78, 5) is 14.5. The third-order valence-electron chi connectivity index (χ3n) is 5.78. The predicted molar refractivity (Wildman–Crippen MR) is 142 cm³/mol. The minimum absolute atomic E-state index is 0.0266. The van der Waals surface area contributed by atoms with Gasteiger partial charge in [0.2, 0.25) is 5.78 Å². The van der Waals surface area contributed by atoms with E-state index in [1.807, 2.05) is 120 Å². The van der Waals surface area contributed by atoms with Crippen molar-refractivity contribution in [3.05, 3.63) is 126 Å². The van der Waals surface area contributed by atoms with E-state index in [1.54, 1.807) is 0 Å². The number of nitrogens with zero attached hydrogens (tertiary/aromatic N) is 3. The summed E-state index contributed by atoms with van der Waals surface area (Å²) in [5.41, 5.74) is 5.82. The first-order valence-corrected chi connectivity index (χ1v) is 12.1. The number of thiophene rings is 1. The van der Waals surface area contributed by atoms with Crippen molar-refractivity contribution in [2.45, 2.75) is 0 Å². The summed E-state index contributed by atoms with van der Waals surface area (Å²) in [6, 6.07) is 37.2. The van der Waals surface area contributed by atoms with Gasteiger partial charge in [-0.15, -0.1) is 16.4 Å². The largest absolute Gasteiger partial charge is 0.345 e. The van der Waals surface area contributed by atoms with Crippen molar-refractivity contribution >= 4 is 38.8 Å². The first-order chi connectivity index (χ1) is 17.3. The van der Waals surface area contributed by atoms with Crippen molar-refractivity contribution in [2.75, 3.05) is 5.32 Å². The normalized spacial score (nSPS) is 11.0. The molecule has 0 fully saturated rings. The molecule has 0 aliphatic rings. The number of hydrogen-bond donors (Lipinski definition) is 1.